The molecule has 0 amide bonds. The zero-order valence-corrected chi connectivity index (χ0v) is 12.6. The Hall–Kier alpha value is -2.47. The van der Waals surface area contributed by atoms with Crippen LogP contribution in [0.5, 0.6) is 0 Å². The maximum atomic E-state index is 5.58. The van der Waals surface area contributed by atoms with E-state index >= 15 is 0 Å². The summed E-state index contributed by atoms with van der Waals surface area (Å²) in [6.45, 7) is 3.25. The highest BCUT2D eigenvalue weighted by atomic mass is 15.0. The molecule has 4 N–H and O–H groups in total. The summed E-state index contributed by atoms with van der Waals surface area (Å²) < 4.78 is 0. The lowest BCUT2D eigenvalue weighted by atomic mass is 10.3. The lowest BCUT2D eigenvalue weighted by molar-refractivity contribution is 0.878. The molecule has 0 atom stereocenters. The van der Waals surface area contributed by atoms with Gasteiger partial charge in [-0.1, -0.05) is 12.1 Å². The van der Waals surface area contributed by atoms with Crippen LogP contribution in [-0.4, -0.2) is 33.0 Å². The highest BCUT2D eigenvalue weighted by molar-refractivity contribution is 5.74. The molecule has 0 saturated carbocycles. The Morgan fingerprint density at radius 2 is 2.00 bits per heavy atom. The van der Waals surface area contributed by atoms with Crippen LogP contribution in [0.4, 0.5) is 5.82 Å². The number of nitrogens with zero attached hydrogens (tertiary/aromatic N) is 3. The number of aromatic amines is 1. The van der Waals surface area contributed by atoms with Crippen molar-refractivity contribution in [3.05, 3.63) is 47.7 Å². The van der Waals surface area contributed by atoms with Crippen LogP contribution >= 0.6 is 0 Å². The molecule has 0 aliphatic rings. The first-order valence-electron chi connectivity index (χ1n) is 7.47. The molecule has 1 aromatic carbocycles. The van der Waals surface area contributed by atoms with Crippen molar-refractivity contribution in [1.29, 1.82) is 0 Å². The van der Waals surface area contributed by atoms with E-state index < -0.39 is 0 Å². The molecule has 0 spiro atoms. The molecule has 2 aromatic heterocycles. The first kappa shape index (κ1) is 14.5. The van der Waals surface area contributed by atoms with E-state index in [1.165, 1.54) is 0 Å². The topological polar surface area (TPSA) is 92.5 Å². The number of H-pyrrole nitrogens is 1. The molecule has 0 bridgehead atoms. The second kappa shape index (κ2) is 6.53. The number of rotatable bonds is 6. The Bertz CT molecular complexity index is 731. The SMILES string of the molecule is Cc1nc(CCN)cc(NCCc2nc3ccccc3[nH]2)n1. The molecule has 22 heavy (non-hydrogen) atoms. The molecule has 0 aliphatic carbocycles. The van der Waals surface area contributed by atoms with Gasteiger partial charge in [0.1, 0.15) is 17.5 Å². The van der Waals surface area contributed by atoms with E-state index in [1.807, 2.05) is 37.3 Å². The molecule has 0 aliphatic heterocycles. The number of aryl methyl sites for hydroxylation is 1. The average molecular weight is 296 g/mol. The monoisotopic (exact) mass is 296 g/mol. The fourth-order valence-electron chi connectivity index (χ4n) is 2.43. The highest BCUT2D eigenvalue weighted by Crippen LogP contribution is 2.11. The highest BCUT2D eigenvalue weighted by Gasteiger charge is 2.04. The fraction of sp³-hybridized carbons (Fsp3) is 0.312. The van der Waals surface area contributed by atoms with Crippen LogP contribution in [0.1, 0.15) is 17.3 Å². The van der Waals surface area contributed by atoms with Crippen molar-refractivity contribution in [2.24, 2.45) is 5.73 Å². The molecule has 0 saturated heterocycles. The van der Waals surface area contributed by atoms with Crippen LogP contribution in [-0.2, 0) is 12.8 Å². The number of hydrogen-bond donors (Lipinski definition) is 3. The molecule has 3 aromatic rings. The van der Waals surface area contributed by atoms with Gasteiger partial charge in [-0.15, -0.1) is 0 Å². The predicted octanol–water partition coefficient (Wildman–Crippen LogP) is 1.82. The van der Waals surface area contributed by atoms with Gasteiger partial charge in [-0.25, -0.2) is 15.0 Å². The largest absolute Gasteiger partial charge is 0.370 e. The van der Waals surface area contributed by atoms with Crippen LogP contribution in [0, 0.1) is 6.92 Å². The van der Waals surface area contributed by atoms with Crippen molar-refractivity contribution in [2.45, 2.75) is 19.8 Å². The number of para-hydroxylation sites is 2. The minimum absolute atomic E-state index is 0.592. The van der Waals surface area contributed by atoms with E-state index in [0.29, 0.717) is 6.54 Å². The lowest BCUT2D eigenvalue weighted by Crippen LogP contribution is -2.11. The van der Waals surface area contributed by atoms with Gasteiger partial charge < -0.3 is 16.0 Å². The van der Waals surface area contributed by atoms with Crippen LogP contribution in [0.25, 0.3) is 11.0 Å². The molecule has 0 radical (unpaired) electrons. The number of hydrogen-bond acceptors (Lipinski definition) is 5. The van der Waals surface area contributed by atoms with Gasteiger partial charge in [0.15, 0.2) is 0 Å². The Morgan fingerprint density at radius 1 is 1.14 bits per heavy atom. The lowest BCUT2D eigenvalue weighted by Gasteiger charge is -2.07. The number of nitrogens with two attached hydrogens (primary N) is 1. The number of aromatic nitrogens is 4. The minimum Gasteiger partial charge on any atom is -0.370 e. The quantitative estimate of drug-likeness (QED) is 0.645. The molecule has 114 valence electrons. The van der Waals surface area contributed by atoms with Gasteiger partial charge in [0.25, 0.3) is 0 Å². The van der Waals surface area contributed by atoms with Gasteiger partial charge in [0.2, 0.25) is 0 Å². The summed E-state index contributed by atoms with van der Waals surface area (Å²) in [6.07, 6.45) is 1.57. The van der Waals surface area contributed by atoms with E-state index in [0.717, 1.165) is 53.6 Å². The molecule has 0 unspecified atom stereocenters. The Labute approximate surface area is 129 Å². The smallest absolute Gasteiger partial charge is 0.129 e. The van der Waals surface area contributed by atoms with Crippen LogP contribution in [0.15, 0.2) is 30.3 Å². The van der Waals surface area contributed by atoms with E-state index in [9.17, 15) is 0 Å². The second-order valence-electron chi connectivity index (χ2n) is 5.21. The van der Waals surface area contributed by atoms with Gasteiger partial charge in [0, 0.05) is 31.1 Å². The standard InChI is InChI=1S/C16H20N6/c1-11-19-12(6-8-17)10-16(20-11)18-9-7-15-21-13-4-2-3-5-14(13)22-15/h2-5,10H,6-9,17H2,1H3,(H,21,22)(H,18,19,20). The number of fused-ring (bicyclic) bond motifs is 1. The number of benzene rings is 1. The minimum atomic E-state index is 0.592. The summed E-state index contributed by atoms with van der Waals surface area (Å²) in [5, 5.41) is 3.33. The number of anilines is 1. The number of nitrogens with one attached hydrogen (secondary N) is 2. The van der Waals surface area contributed by atoms with Gasteiger partial charge in [-0.05, 0) is 25.6 Å². The zero-order valence-electron chi connectivity index (χ0n) is 12.6. The molecular formula is C16H20N6. The zero-order chi connectivity index (χ0) is 15.4. The van der Waals surface area contributed by atoms with Gasteiger partial charge in [-0.3, -0.25) is 0 Å². The van der Waals surface area contributed by atoms with Gasteiger partial charge in [-0.2, -0.15) is 0 Å². The molecule has 6 heteroatoms. The van der Waals surface area contributed by atoms with Crippen molar-refractivity contribution in [3.63, 3.8) is 0 Å². The maximum absolute atomic E-state index is 5.58. The average Bonchev–Trinajstić information content (AvgIpc) is 2.89. The maximum Gasteiger partial charge on any atom is 0.129 e. The van der Waals surface area contributed by atoms with Crippen molar-refractivity contribution >= 4 is 16.9 Å². The van der Waals surface area contributed by atoms with Crippen molar-refractivity contribution in [2.75, 3.05) is 18.4 Å². The van der Waals surface area contributed by atoms with Crippen molar-refractivity contribution in [3.8, 4) is 0 Å². The van der Waals surface area contributed by atoms with Crippen LogP contribution in [0.2, 0.25) is 0 Å². The van der Waals surface area contributed by atoms with E-state index in [4.69, 9.17) is 5.73 Å². The van der Waals surface area contributed by atoms with Crippen LogP contribution in [0.3, 0.4) is 0 Å². The molecule has 2 heterocycles. The summed E-state index contributed by atoms with van der Waals surface area (Å²) in [4.78, 5) is 16.7. The van der Waals surface area contributed by atoms with E-state index in [-0.39, 0.29) is 0 Å². The number of imidazole rings is 1. The van der Waals surface area contributed by atoms with E-state index in [2.05, 4.69) is 25.3 Å². The van der Waals surface area contributed by atoms with Crippen molar-refractivity contribution < 1.29 is 0 Å². The molecular weight excluding hydrogens is 276 g/mol. The normalized spacial score (nSPS) is 11.0. The molecule has 6 nitrogen and oxygen atoms in total. The predicted molar refractivity (Wildman–Crippen MR) is 87.8 cm³/mol. The Kier molecular flexibility index (Phi) is 4.29. The third kappa shape index (κ3) is 3.40. The Morgan fingerprint density at radius 3 is 2.82 bits per heavy atom. The van der Waals surface area contributed by atoms with Crippen molar-refractivity contribution in [1.82, 2.24) is 19.9 Å². The first-order valence-corrected chi connectivity index (χ1v) is 7.47. The fourth-order valence-corrected chi connectivity index (χ4v) is 2.43. The summed E-state index contributed by atoms with van der Waals surface area (Å²) >= 11 is 0. The summed E-state index contributed by atoms with van der Waals surface area (Å²) in [7, 11) is 0. The third-order valence-corrected chi connectivity index (χ3v) is 3.40. The summed E-state index contributed by atoms with van der Waals surface area (Å²) in [6, 6.07) is 10.00. The molecule has 3 rings (SSSR count). The second-order valence-corrected chi connectivity index (χ2v) is 5.21. The Balaban J connectivity index is 1.62. The molecule has 0 fully saturated rings. The van der Waals surface area contributed by atoms with Gasteiger partial charge >= 0.3 is 0 Å². The van der Waals surface area contributed by atoms with E-state index in [1.54, 1.807) is 0 Å². The summed E-state index contributed by atoms with van der Waals surface area (Å²) in [5.41, 5.74) is 8.62. The first-order chi connectivity index (χ1) is 10.7. The summed E-state index contributed by atoms with van der Waals surface area (Å²) in [5.74, 6) is 2.57. The third-order valence-electron chi connectivity index (χ3n) is 3.40. The van der Waals surface area contributed by atoms with Crippen LogP contribution < -0.4 is 11.1 Å². The van der Waals surface area contributed by atoms with Gasteiger partial charge in [0.05, 0.1) is 11.0 Å².